The second kappa shape index (κ2) is 6.91. The van der Waals surface area contributed by atoms with Gasteiger partial charge in [-0.15, -0.1) is 11.6 Å². The molecule has 0 aliphatic carbocycles. The van der Waals surface area contributed by atoms with E-state index in [0.29, 0.717) is 5.69 Å². The van der Waals surface area contributed by atoms with Crippen molar-refractivity contribution in [2.45, 2.75) is 13.3 Å². The fourth-order valence-corrected chi connectivity index (χ4v) is 1.35. The minimum atomic E-state index is -0.358. The molecule has 0 spiro atoms. The maximum absolute atomic E-state index is 11.4. The van der Waals surface area contributed by atoms with Crippen LogP contribution in [0.25, 0.3) is 0 Å². The number of hydrogen-bond donors (Lipinski definition) is 2. The molecule has 4 nitrogen and oxygen atoms in total. The Morgan fingerprint density at radius 1 is 1.18 bits per heavy atom. The zero-order chi connectivity index (χ0) is 12.7. The molecule has 0 heterocycles. The SMILES string of the molecule is CCc1ccc(NC(=O)CNC(=O)CCl)cc1. The number of rotatable bonds is 5. The highest BCUT2D eigenvalue weighted by Gasteiger charge is 2.04. The molecular formula is C12H15ClN2O2. The van der Waals surface area contributed by atoms with Crippen molar-refractivity contribution in [3.05, 3.63) is 29.8 Å². The highest BCUT2D eigenvalue weighted by atomic mass is 35.5. The molecular weight excluding hydrogens is 240 g/mol. The molecule has 0 bridgehead atoms. The van der Waals surface area contributed by atoms with Gasteiger partial charge in [0.05, 0.1) is 6.54 Å². The van der Waals surface area contributed by atoms with Gasteiger partial charge in [-0.2, -0.15) is 0 Å². The molecule has 0 aromatic heterocycles. The van der Waals surface area contributed by atoms with Gasteiger partial charge in [-0.1, -0.05) is 19.1 Å². The Morgan fingerprint density at radius 2 is 1.82 bits per heavy atom. The first-order valence-corrected chi connectivity index (χ1v) is 5.90. The van der Waals surface area contributed by atoms with E-state index in [1.165, 1.54) is 5.56 Å². The molecule has 1 aromatic carbocycles. The molecule has 0 radical (unpaired) electrons. The maximum Gasteiger partial charge on any atom is 0.243 e. The van der Waals surface area contributed by atoms with Crippen LogP contribution in [0.3, 0.4) is 0 Å². The van der Waals surface area contributed by atoms with Gasteiger partial charge in [0.2, 0.25) is 11.8 Å². The third kappa shape index (κ3) is 4.87. The molecule has 0 atom stereocenters. The summed E-state index contributed by atoms with van der Waals surface area (Å²) in [6, 6.07) is 7.57. The van der Waals surface area contributed by atoms with Gasteiger partial charge in [0.25, 0.3) is 0 Å². The van der Waals surface area contributed by atoms with E-state index in [1.807, 2.05) is 24.3 Å². The normalized spacial score (nSPS) is 9.76. The third-order valence-corrected chi connectivity index (χ3v) is 2.46. The summed E-state index contributed by atoms with van der Waals surface area (Å²) in [4.78, 5) is 22.2. The number of anilines is 1. The van der Waals surface area contributed by atoms with Crippen LogP contribution in [0.5, 0.6) is 0 Å². The van der Waals surface area contributed by atoms with Crippen molar-refractivity contribution in [1.82, 2.24) is 5.32 Å². The van der Waals surface area contributed by atoms with Crippen LogP contribution in [0.4, 0.5) is 5.69 Å². The summed E-state index contributed by atoms with van der Waals surface area (Å²) in [6.07, 6.45) is 0.958. The van der Waals surface area contributed by atoms with Crippen LogP contribution in [-0.4, -0.2) is 24.2 Å². The highest BCUT2D eigenvalue weighted by molar-refractivity contribution is 6.27. The lowest BCUT2D eigenvalue weighted by Crippen LogP contribution is -2.33. The van der Waals surface area contributed by atoms with Crippen LogP contribution in [0, 0.1) is 0 Å². The number of hydrogen-bond acceptors (Lipinski definition) is 2. The lowest BCUT2D eigenvalue weighted by molar-refractivity contribution is -0.122. The first-order chi connectivity index (χ1) is 8.15. The predicted molar refractivity (Wildman–Crippen MR) is 68.2 cm³/mol. The third-order valence-electron chi connectivity index (χ3n) is 2.21. The lowest BCUT2D eigenvalue weighted by Gasteiger charge is -2.06. The molecule has 0 saturated heterocycles. The number of amides is 2. The van der Waals surface area contributed by atoms with Gasteiger partial charge in [-0.3, -0.25) is 9.59 Å². The summed E-state index contributed by atoms with van der Waals surface area (Å²) >= 11 is 5.29. The zero-order valence-corrected chi connectivity index (χ0v) is 10.4. The van der Waals surface area contributed by atoms with Gasteiger partial charge in [-0.25, -0.2) is 0 Å². The highest BCUT2D eigenvalue weighted by Crippen LogP contribution is 2.09. The van der Waals surface area contributed by atoms with Crippen molar-refractivity contribution in [2.75, 3.05) is 17.7 Å². The van der Waals surface area contributed by atoms with Crippen molar-refractivity contribution in [3.8, 4) is 0 Å². The van der Waals surface area contributed by atoms with E-state index in [0.717, 1.165) is 6.42 Å². The second-order valence-corrected chi connectivity index (χ2v) is 3.78. The molecule has 1 rings (SSSR count). The standard InChI is InChI=1S/C12H15ClN2O2/c1-2-9-3-5-10(6-4-9)15-12(17)8-14-11(16)7-13/h3-6H,2,7-8H2,1H3,(H,14,16)(H,15,17). The monoisotopic (exact) mass is 254 g/mol. The van der Waals surface area contributed by atoms with Crippen LogP contribution in [0.2, 0.25) is 0 Å². The molecule has 2 amide bonds. The molecule has 92 valence electrons. The quantitative estimate of drug-likeness (QED) is 0.783. The molecule has 0 aliphatic heterocycles. The zero-order valence-electron chi connectivity index (χ0n) is 9.63. The minimum Gasteiger partial charge on any atom is -0.346 e. The Bertz CT molecular complexity index is 390. The van der Waals surface area contributed by atoms with E-state index in [9.17, 15) is 9.59 Å². The average Bonchev–Trinajstić information content (AvgIpc) is 2.36. The van der Waals surface area contributed by atoms with Gasteiger partial charge in [0.1, 0.15) is 5.88 Å². The number of benzene rings is 1. The minimum absolute atomic E-state index is 0.0684. The summed E-state index contributed by atoms with van der Waals surface area (Å²) in [5.74, 6) is -0.769. The predicted octanol–water partition coefficient (Wildman–Crippen LogP) is 1.54. The summed E-state index contributed by atoms with van der Waals surface area (Å²) in [7, 11) is 0. The average molecular weight is 255 g/mol. The molecule has 0 saturated carbocycles. The topological polar surface area (TPSA) is 58.2 Å². The fraction of sp³-hybridized carbons (Fsp3) is 0.333. The molecule has 2 N–H and O–H groups in total. The van der Waals surface area contributed by atoms with Gasteiger partial charge in [0.15, 0.2) is 0 Å². The smallest absolute Gasteiger partial charge is 0.243 e. The number of alkyl halides is 1. The van der Waals surface area contributed by atoms with E-state index >= 15 is 0 Å². The van der Waals surface area contributed by atoms with Gasteiger partial charge >= 0.3 is 0 Å². The Hall–Kier alpha value is -1.55. The number of nitrogens with one attached hydrogen (secondary N) is 2. The molecule has 1 aromatic rings. The molecule has 5 heteroatoms. The number of aryl methyl sites for hydroxylation is 1. The fourth-order valence-electron chi connectivity index (χ4n) is 1.26. The Morgan fingerprint density at radius 3 is 2.35 bits per heavy atom. The number of halogens is 1. The van der Waals surface area contributed by atoms with Crippen LogP contribution in [0.15, 0.2) is 24.3 Å². The van der Waals surface area contributed by atoms with Crippen LogP contribution in [-0.2, 0) is 16.0 Å². The second-order valence-electron chi connectivity index (χ2n) is 3.51. The van der Waals surface area contributed by atoms with Crippen molar-refractivity contribution >= 4 is 29.1 Å². The summed E-state index contributed by atoms with van der Waals surface area (Å²) < 4.78 is 0. The van der Waals surface area contributed by atoms with Crippen LogP contribution >= 0.6 is 11.6 Å². The summed E-state index contributed by atoms with van der Waals surface area (Å²) in [5.41, 5.74) is 1.92. The van der Waals surface area contributed by atoms with E-state index in [1.54, 1.807) is 0 Å². The van der Waals surface area contributed by atoms with E-state index in [2.05, 4.69) is 17.6 Å². The maximum atomic E-state index is 11.4. The Balaban J connectivity index is 2.42. The van der Waals surface area contributed by atoms with E-state index < -0.39 is 0 Å². The van der Waals surface area contributed by atoms with Crippen molar-refractivity contribution in [1.29, 1.82) is 0 Å². The number of carbonyl (C=O) groups excluding carboxylic acids is 2. The van der Waals surface area contributed by atoms with Gasteiger partial charge in [0, 0.05) is 5.69 Å². The first kappa shape index (κ1) is 13.5. The van der Waals surface area contributed by atoms with Gasteiger partial charge in [-0.05, 0) is 24.1 Å². The Labute approximate surface area is 105 Å². The van der Waals surface area contributed by atoms with E-state index in [4.69, 9.17) is 11.6 Å². The summed E-state index contributed by atoms with van der Waals surface area (Å²) in [5, 5.41) is 5.07. The van der Waals surface area contributed by atoms with Crippen LogP contribution in [0.1, 0.15) is 12.5 Å². The van der Waals surface area contributed by atoms with E-state index in [-0.39, 0.29) is 24.2 Å². The number of carbonyl (C=O) groups is 2. The molecule has 0 aliphatic rings. The van der Waals surface area contributed by atoms with Gasteiger partial charge < -0.3 is 10.6 Å². The molecule has 0 unspecified atom stereocenters. The lowest BCUT2D eigenvalue weighted by atomic mass is 10.1. The van der Waals surface area contributed by atoms with Crippen molar-refractivity contribution < 1.29 is 9.59 Å². The summed E-state index contributed by atoms with van der Waals surface area (Å²) in [6.45, 7) is 2.00. The van der Waals surface area contributed by atoms with Crippen molar-refractivity contribution in [3.63, 3.8) is 0 Å². The largest absolute Gasteiger partial charge is 0.346 e. The molecule has 0 fully saturated rings. The van der Waals surface area contributed by atoms with Crippen LogP contribution < -0.4 is 10.6 Å². The molecule has 17 heavy (non-hydrogen) atoms. The Kier molecular flexibility index (Phi) is 5.49. The van der Waals surface area contributed by atoms with Crippen molar-refractivity contribution in [2.24, 2.45) is 0 Å². The first-order valence-electron chi connectivity index (χ1n) is 5.37.